The lowest BCUT2D eigenvalue weighted by molar-refractivity contribution is 0.780. The highest BCUT2D eigenvalue weighted by molar-refractivity contribution is 5.59. The van der Waals surface area contributed by atoms with Crippen LogP contribution in [0.2, 0.25) is 0 Å². The predicted octanol–water partition coefficient (Wildman–Crippen LogP) is 2.67. The third-order valence-corrected chi connectivity index (χ3v) is 2.84. The number of hydrogen-bond donors (Lipinski definition) is 1. The van der Waals surface area contributed by atoms with E-state index in [2.05, 4.69) is 36.5 Å². The number of aryl methyl sites for hydroxylation is 1. The monoisotopic (exact) mass is 186 g/mol. The average molecular weight is 186 g/mol. The van der Waals surface area contributed by atoms with E-state index in [9.17, 15) is 0 Å². The Kier molecular flexibility index (Phi) is 2.41. The molecule has 0 bridgehead atoms. The number of rotatable bonds is 2. The van der Waals surface area contributed by atoms with Gasteiger partial charge >= 0.3 is 0 Å². The first-order valence-electron chi connectivity index (χ1n) is 5.08. The van der Waals surface area contributed by atoms with Crippen LogP contribution in [-0.4, -0.2) is 6.54 Å². The van der Waals surface area contributed by atoms with Gasteiger partial charge in [0.2, 0.25) is 0 Å². The largest absolute Gasteiger partial charge is 0.384 e. The Hall–Kier alpha value is -1.49. The lowest BCUT2D eigenvalue weighted by Gasteiger charge is -2.05. The molecule has 1 aliphatic heterocycles. The summed E-state index contributed by atoms with van der Waals surface area (Å²) >= 11 is 0. The topological polar surface area (TPSA) is 35.8 Å². The fourth-order valence-corrected chi connectivity index (χ4v) is 1.97. The Labute approximate surface area is 84.6 Å². The summed E-state index contributed by atoms with van der Waals surface area (Å²) in [4.78, 5) is 0. The van der Waals surface area contributed by atoms with Crippen LogP contribution in [-0.2, 0) is 6.42 Å². The maximum Gasteiger partial charge on any atom is 0.0628 e. The quantitative estimate of drug-likeness (QED) is 0.770. The number of nitrogens with one attached hydrogen (secondary N) is 1. The summed E-state index contributed by atoms with van der Waals surface area (Å²) in [7, 11) is 0. The van der Waals surface area contributed by atoms with Gasteiger partial charge in [-0.05, 0) is 23.6 Å². The molecule has 1 aliphatic rings. The smallest absolute Gasteiger partial charge is 0.0628 e. The molecule has 0 aromatic heterocycles. The van der Waals surface area contributed by atoms with E-state index in [4.69, 9.17) is 5.26 Å². The lowest BCUT2D eigenvalue weighted by Crippen LogP contribution is -2.00. The van der Waals surface area contributed by atoms with E-state index >= 15 is 0 Å². The number of fused-ring (bicyclic) bond motifs is 1. The number of benzene rings is 1. The van der Waals surface area contributed by atoms with Crippen LogP contribution in [0, 0.1) is 11.3 Å². The summed E-state index contributed by atoms with van der Waals surface area (Å²) in [6, 6.07) is 8.77. The van der Waals surface area contributed by atoms with Crippen LogP contribution in [0.15, 0.2) is 18.2 Å². The van der Waals surface area contributed by atoms with Crippen molar-refractivity contribution in [2.75, 3.05) is 11.9 Å². The Morgan fingerprint density at radius 1 is 1.57 bits per heavy atom. The lowest BCUT2D eigenvalue weighted by atomic mass is 9.97. The van der Waals surface area contributed by atoms with E-state index in [0.717, 1.165) is 13.0 Å². The number of hydrogen-bond acceptors (Lipinski definition) is 2. The first kappa shape index (κ1) is 9.08. The van der Waals surface area contributed by atoms with Gasteiger partial charge in [-0.1, -0.05) is 19.1 Å². The maximum absolute atomic E-state index is 8.68. The van der Waals surface area contributed by atoms with Gasteiger partial charge in [0.1, 0.15) is 0 Å². The van der Waals surface area contributed by atoms with Crippen molar-refractivity contribution >= 4 is 5.69 Å². The highest BCUT2D eigenvalue weighted by atomic mass is 14.9. The van der Waals surface area contributed by atoms with Crippen LogP contribution < -0.4 is 5.32 Å². The molecule has 0 spiro atoms. The zero-order valence-corrected chi connectivity index (χ0v) is 8.38. The third-order valence-electron chi connectivity index (χ3n) is 2.84. The first-order chi connectivity index (χ1) is 6.85. The van der Waals surface area contributed by atoms with Crippen molar-refractivity contribution in [3.63, 3.8) is 0 Å². The van der Waals surface area contributed by atoms with Crippen LogP contribution >= 0.6 is 0 Å². The zero-order valence-electron chi connectivity index (χ0n) is 8.38. The second-order valence-corrected chi connectivity index (χ2v) is 3.72. The minimum Gasteiger partial charge on any atom is -0.384 e. The first-order valence-corrected chi connectivity index (χ1v) is 5.08. The molecule has 0 radical (unpaired) electrons. The SMILES string of the molecule is CCc1ccc2c(c1)NCC2CC#N. The Balaban J connectivity index is 2.30. The molecule has 0 saturated heterocycles. The molecule has 0 aliphatic carbocycles. The van der Waals surface area contributed by atoms with Gasteiger partial charge in [0, 0.05) is 24.6 Å². The van der Waals surface area contributed by atoms with Crippen LogP contribution in [0.25, 0.3) is 0 Å². The normalized spacial score (nSPS) is 18.4. The molecule has 1 unspecified atom stereocenters. The van der Waals surface area contributed by atoms with Gasteiger partial charge in [-0.25, -0.2) is 0 Å². The molecule has 1 N–H and O–H groups in total. The molecule has 1 aromatic carbocycles. The van der Waals surface area contributed by atoms with Crippen molar-refractivity contribution in [2.24, 2.45) is 0 Å². The Morgan fingerprint density at radius 3 is 3.14 bits per heavy atom. The van der Waals surface area contributed by atoms with Crippen molar-refractivity contribution in [2.45, 2.75) is 25.7 Å². The van der Waals surface area contributed by atoms with Crippen LogP contribution in [0.3, 0.4) is 0 Å². The van der Waals surface area contributed by atoms with E-state index in [1.165, 1.54) is 16.8 Å². The molecule has 2 nitrogen and oxygen atoms in total. The van der Waals surface area contributed by atoms with E-state index in [0.29, 0.717) is 12.3 Å². The third kappa shape index (κ3) is 1.46. The molecule has 2 rings (SSSR count). The minimum atomic E-state index is 0.390. The molecule has 0 amide bonds. The fourth-order valence-electron chi connectivity index (χ4n) is 1.97. The zero-order chi connectivity index (χ0) is 9.97. The van der Waals surface area contributed by atoms with E-state index < -0.39 is 0 Å². The Bertz CT molecular complexity index is 376. The van der Waals surface area contributed by atoms with Crippen molar-refractivity contribution in [3.8, 4) is 6.07 Å². The van der Waals surface area contributed by atoms with Gasteiger partial charge in [-0.2, -0.15) is 5.26 Å². The average Bonchev–Trinajstić information content (AvgIpc) is 2.61. The molecule has 1 aromatic rings. The van der Waals surface area contributed by atoms with Crippen LogP contribution in [0.5, 0.6) is 0 Å². The van der Waals surface area contributed by atoms with E-state index in [-0.39, 0.29) is 0 Å². The molecule has 2 heteroatoms. The van der Waals surface area contributed by atoms with Crippen molar-refractivity contribution < 1.29 is 0 Å². The van der Waals surface area contributed by atoms with Crippen LogP contribution in [0.1, 0.15) is 30.4 Å². The Morgan fingerprint density at radius 2 is 2.43 bits per heavy atom. The van der Waals surface area contributed by atoms with Gasteiger partial charge in [0.15, 0.2) is 0 Å². The summed E-state index contributed by atoms with van der Waals surface area (Å²) < 4.78 is 0. The summed E-state index contributed by atoms with van der Waals surface area (Å²) in [5, 5.41) is 12.0. The van der Waals surface area contributed by atoms with Gasteiger partial charge < -0.3 is 5.32 Å². The van der Waals surface area contributed by atoms with Gasteiger partial charge in [-0.15, -0.1) is 0 Å². The highest BCUT2D eigenvalue weighted by Crippen LogP contribution is 2.33. The standard InChI is InChI=1S/C12H14N2/c1-2-9-3-4-11-10(5-6-13)8-14-12(11)7-9/h3-4,7,10,14H,2,5,8H2,1H3. The molecular formula is C12H14N2. The van der Waals surface area contributed by atoms with E-state index in [1.807, 2.05) is 0 Å². The molecule has 0 fully saturated rings. The summed E-state index contributed by atoms with van der Waals surface area (Å²) in [5.74, 6) is 0.390. The van der Waals surface area contributed by atoms with Crippen LogP contribution in [0.4, 0.5) is 5.69 Å². The van der Waals surface area contributed by atoms with Crippen molar-refractivity contribution in [3.05, 3.63) is 29.3 Å². The number of nitrogens with zero attached hydrogens (tertiary/aromatic N) is 1. The summed E-state index contributed by atoms with van der Waals surface area (Å²) in [6.07, 6.45) is 1.68. The number of nitriles is 1. The molecular weight excluding hydrogens is 172 g/mol. The van der Waals surface area contributed by atoms with Crippen molar-refractivity contribution in [1.82, 2.24) is 0 Å². The second kappa shape index (κ2) is 3.71. The molecule has 1 atom stereocenters. The molecule has 14 heavy (non-hydrogen) atoms. The van der Waals surface area contributed by atoms with Crippen molar-refractivity contribution in [1.29, 1.82) is 5.26 Å². The minimum absolute atomic E-state index is 0.390. The maximum atomic E-state index is 8.68. The summed E-state index contributed by atoms with van der Waals surface area (Å²) in [5.41, 5.74) is 3.89. The second-order valence-electron chi connectivity index (χ2n) is 3.72. The fraction of sp³-hybridized carbons (Fsp3) is 0.417. The van der Waals surface area contributed by atoms with Gasteiger partial charge in [-0.3, -0.25) is 0 Å². The van der Waals surface area contributed by atoms with E-state index in [1.54, 1.807) is 0 Å². The number of anilines is 1. The molecule has 0 saturated carbocycles. The highest BCUT2D eigenvalue weighted by Gasteiger charge is 2.21. The molecule has 1 heterocycles. The van der Waals surface area contributed by atoms with Gasteiger partial charge in [0.25, 0.3) is 0 Å². The van der Waals surface area contributed by atoms with Gasteiger partial charge in [0.05, 0.1) is 6.07 Å². The predicted molar refractivity (Wildman–Crippen MR) is 57.3 cm³/mol. The summed E-state index contributed by atoms with van der Waals surface area (Å²) in [6.45, 7) is 3.07. The molecule has 72 valence electrons.